The standard InChI is InChI=1S/C24H28Br2O2/c1-9-17-20(25)12-16(13-21(17)26)15-10-18(23(3,4)5)22(28-14(2)27)19(11-15)24(6,7)8/h9-13H,1H2,2-8H3. The van der Waals surface area contributed by atoms with Gasteiger partial charge in [-0.05, 0) is 46.2 Å². The van der Waals surface area contributed by atoms with Crippen LogP contribution in [0.2, 0.25) is 0 Å². The van der Waals surface area contributed by atoms with Crippen LogP contribution in [-0.2, 0) is 15.6 Å². The van der Waals surface area contributed by atoms with Crippen LogP contribution >= 0.6 is 31.9 Å². The van der Waals surface area contributed by atoms with Crippen molar-refractivity contribution in [2.24, 2.45) is 0 Å². The predicted octanol–water partition coefficient (Wildman–Crippen LogP) is 8.04. The Balaban J connectivity index is 2.88. The smallest absolute Gasteiger partial charge is 0.308 e. The maximum absolute atomic E-state index is 11.8. The first-order valence-corrected chi connectivity index (χ1v) is 10.8. The van der Waals surface area contributed by atoms with Crippen molar-refractivity contribution in [3.05, 3.63) is 56.5 Å². The van der Waals surface area contributed by atoms with E-state index >= 15 is 0 Å². The van der Waals surface area contributed by atoms with Gasteiger partial charge in [0.25, 0.3) is 0 Å². The lowest BCUT2D eigenvalue weighted by Gasteiger charge is -2.30. The minimum atomic E-state index is -0.301. The molecule has 0 saturated heterocycles. The molecule has 150 valence electrons. The Labute approximate surface area is 185 Å². The molecule has 2 aromatic carbocycles. The Morgan fingerprint density at radius 2 is 1.29 bits per heavy atom. The highest BCUT2D eigenvalue weighted by molar-refractivity contribution is 9.11. The third kappa shape index (κ3) is 4.96. The summed E-state index contributed by atoms with van der Waals surface area (Å²) in [5.74, 6) is 0.377. The first-order chi connectivity index (χ1) is 12.8. The summed E-state index contributed by atoms with van der Waals surface area (Å²) in [7, 11) is 0. The van der Waals surface area contributed by atoms with Crippen molar-refractivity contribution < 1.29 is 9.53 Å². The van der Waals surface area contributed by atoms with Gasteiger partial charge in [0.15, 0.2) is 0 Å². The molecule has 0 aliphatic rings. The molecule has 0 aromatic heterocycles. The summed E-state index contributed by atoms with van der Waals surface area (Å²) >= 11 is 7.30. The van der Waals surface area contributed by atoms with Gasteiger partial charge in [0, 0.05) is 32.6 Å². The number of benzene rings is 2. The highest BCUT2D eigenvalue weighted by atomic mass is 79.9. The molecule has 4 heteroatoms. The van der Waals surface area contributed by atoms with Crippen molar-refractivity contribution >= 4 is 43.9 Å². The van der Waals surface area contributed by atoms with Crippen LogP contribution in [0.25, 0.3) is 17.2 Å². The van der Waals surface area contributed by atoms with E-state index in [0.29, 0.717) is 5.75 Å². The second kappa shape index (κ2) is 8.16. The number of hydrogen-bond acceptors (Lipinski definition) is 2. The third-order valence-electron chi connectivity index (χ3n) is 4.57. The maximum atomic E-state index is 11.8. The summed E-state index contributed by atoms with van der Waals surface area (Å²) in [5.41, 5.74) is 4.85. The number of hydrogen-bond donors (Lipinski definition) is 0. The molecule has 2 nitrogen and oxygen atoms in total. The zero-order valence-corrected chi connectivity index (χ0v) is 20.8. The number of halogens is 2. The second-order valence-electron chi connectivity index (χ2n) is 9.05. The number of rotatable bonds is 3. The Morgan fingerprint density at radius 3 is 1.61 bits per heavy atom. The lowest BCUT2D eigenvalue weighted by molar-refractivity contribution is -0.132. The lowest BCUT2D eigenvalue weighted by Crippen LogP contribution is -2.21. The molecule has 0 N–H and O–H groups in total. The number of carbonyl (C=O) groups is 1. The van der Waals surface area contributed by atoms with Gasteiger partial charge in [0.05, 0.1) is 0 Å². The van der Waals surface area contributed by atoms with Crippen molar-refractivity contribution in [3.8, 4) is 16.9 Å². The molecule has 0 bridgehead atoms. The third-order valence-corrected chi connectivity index (χ3v) is 5.88. The highest BCUT2D eigenvalue weighted by Gasteiger charge is 2.29. The second-order valence-corrected chi connectivity index (χ2v) is 10.8. The first kappa shape index (κ1) is 22.9. The van der Waals surface area contributed by atoms with E-state index in [2.05, 4.69) is 104 Å². The van der Waals surface area contributed by atoms with E-state index in [1.165, 1.54) is 6.92 Å². The van der Waals surface area contributed by atoms with E-state index in [0.717, 1.165) is 36.8 Å². The molecular formula is C24H28Br2O2. The molecule has 0 spiro atoms. The molecule has 2 aromatic rings. The van der Waals surface area contributed by atoms with Gasteiger partial charge in [-0.3, -0.25) is 4.79 Å². The van der Waals surface area contributed by atoms with Gasteiger partial charge < -0.3 is 4.74 Å². The van der Waals surface area contributed by atoms with Gasteiger partial charge in [-0.1, -0.05) is 86.1 Å². The summed E-state index contributed by atoms with van der Waals surface area (Å²) in [6, 6.07) is 8.47. The molecule has 0 amide bonds. The minimum Gasteiger partial charge on any atom is -0.426 e. The normalized spacial score (nSPS) is 12.0. The average molecular weight is 508 g/mol. The Morgan fingerprint density at radius 1 is 0.893 bits per heavy atom. The summed E-state index contributed by atoms with van der Waals surface area (Å²) in [6.45, 7) is 18.2. The fourth-order valence-electron chi connectivity index (χ4n) is 3.11. The SMILES string of the molecule is C=Cc1c(Br)cc(-c2cc(C(C)(C)C)c(OC(C)=O)c(C(C)(C)C)c2)cc1Br. The van der Waals surface area contributed by atoms with Crippen LogP contribution in [0.4, 0.5) is 0 Å². The van der Waals surface area contributed by atoms with Crippen molar-refractivity contribution in [2.45, 2.75) is 59.3 Å². The molecule has 28 heavy (non-hydrogen) atoms. The minimum absolute atomic E-state index is 0.184. The summed E-state index contributed by atoms with van der Waals surface area (Å²) < 4.78 is 7.69. The molecule has 0 atom stereocenters. The van der Waals surface area contributed by atoms with Gasteiger partial charge >= 0.3 is 5.97 Å². The monoisotopic (exact) mass is 506 g/mol. The fraction of sp³-hybridized carbons (Fsp3) is 0.375. The van der Waals surface area contributed by atoms with Gasteiger partial charge in [-0.15, -0.1) is 0 Å². The van der Waals surface area contributed by atoms with Crippen molar-refractivity contribution in [3.63, 3.8) is 0 Å². The number of ether oxygens (including phenoxy) is 1. The van der Waals surface area contributed by atoms with Crippen LogP contribution in [-0.4, -0.2) is 5.97 Å². The van der Waals surface area contributed by atoms with Crippen LogP contribution in [0.5, 0.6) is 5.75 Å². The first-order valence-electron chi connectivity index (χ1n) is 9.25. The quantitative estimate of drug-likeness (QED) is 0.310. The van der Waals surface area contributed by atoms with E-state index in [9.17, 15) is 4.79 Å². The van der Waals surface area contributed by atoms with Crippen molar-refractivity contribution in [1.29, 1.82) is 0 Å². The van der Waals surface area contributed by atoms with Crippen LogP contribution in [0.1, 0.15) is 65.2 Å². The maximum Gasteiger partial charge on any atom is 0.308 e. The Bertz CT molecular complexity index is 871. The largest absolute Gasteiger partial charge is 0.426 e. The fourth-order valence-corrected chi connectivity index (χ4v) is 4.62. The van der Waals surface area contributed by atoms with Crippen molar-refractivity contribution in [1.82, 2.24) is 0 Å². The van der Waals surface area contributed by atoms with Crippen LogP contribution in [0.3, 0.4) is 0 Å². The van der Waals surface area contributed by atoms with E-state index in [1.807, 2.05) is 6.08 Å². The number of carbonyl (C=O) groups excluding carboxylic acids is 1. The topological polar surface area (TPSA) is 26.3 Å². The summed E-state index contributed by atoms with van der Waals surface area (Å²) in [4.78, 5) is 11.8. The van der Waals surface area contributed by atoms with Gasteiger partial charge in [0.1, 0.15) is 5.75 Å². The molecule has 0 radical (unpaired) electrons. The van der Waals surface area contributed by atoms with Crippen LogP contribution in [0, 0.1) is 0 Å². The highest BCUT2D eigenvalue weighted by Crippen LogP contribution is 2.44. The van der Waals surface area contributed by atoms with Crippen molar-refractivity contribution in [2.75, 3.05) is 0 Å². The molecule has 0 fully saturated rings. The zero-order valence-electron chi connectivity index (χ0n) is 17.7. The lowest BCUT2D eigenvalue weighted by atomic mass is 9.77. The molecule has 0 aliphatic heterocycles. The molecule has 0 aliphatic carbocycles. The summed E-state index contributed by atoms with van der Waals surface area (Å²) in [5, 5.41) is 0. The van der Waals surface area contributed by atoms with Crippen LogP contribution < -0.4 is 4.74 Å². The molecule has 0 unspecified atom stereocenters. The van der Waals surface area contributed by atoms with E-state index in [-0.39, 0.29) is 16.8 Å². The van der Waals surface area contributed by atoms with Gasteiger partial charge in [0.2, 0.25) is 0 Å². The van der Waals surface area contributed by atoms with E-state index in [1.54, 1.807) is 0 Å². The molecular weight excluding hydrogens is 480 g/mol. The molecule has 2 rings (SSSR count). The number of esters is 1. The summed E-state index contributed by atoms with van der Waals surface area (Å²) in [6.07, 6.45) is 1.82. The molecule has 0 saturated carbocycles. The van der Waals surface area contributed by atoms with Gasteiger partial charge in [-0.2, -0.15) is 0 Å². The Hall–Kier alpha value is -1.39. The van der Waals surface area contributed by atoms with E-state index < -0.39 is 0 Å². The average Bonchev–Trinajstić information content (AvgIpc) is 2.51. The predicted molar refractivity (Wildman–Crippen MR) is 126 cm³/mol. The van der Waals surface area contributed by atoms with Crippen LogP contribution in [0.15, 0.2) is 39.8 Å². The molecule has 0 heterocycles. The Kier molecular flexibility index (Phi) is 6.67. The van der Waals surface area contributed by atoms with Gasteiger partial charge in [-0.25, -0.2) is 0 Å². The van der Waals surface area contributed by atoms with E-state index in [4.69, 9.17) is 4.74 Å². The zero-order chi connectivity index (χ0) is 21.4.